The maximum atomic E-state index is 12.2. The molecule has 3 rings (SSSR count). The Morgan fingerprint density at radius 3 is 2.92 bits per heavy atom. The topological polar surface area (TPSA) is 56.8 Å². The zero-order valence-electron chi connectivity index (χ0n) is 13.8. The molecule has 0 spiro atoms. The van der Waals surface area contributed by atoms with Gasteiger partial charge in [-0.25, -0.2) is 0 Å². The van der Waals surface area contributed by atoms with Crippen LogP contribution in [-0.2, 0) is 4.79 Å². The SMILES string of the molecule is COc1cccc(OCCNC(=O)C2=Cc3cc(Cl)ccc3OC2)c1. The minimum atomic E-state index is -0.181. The molecule has 0 saturated carbocycles. The predicted molar refractivity (Wildman–Crippen MR) is 96.4 cm³/mol. The Bertz CT molecular complexity index is 804. The molecular formula is C19H18ClNO4. The van der Waals surface area contributed by atoms with Gasteiger partial charge >= 0.3 is 0 Å². The van der Waals surface area contributed by atoms with Gasteiger partial charge in [-0.3, -0.25) is 4.79 Å². The van der Waals surface area contributed by atoms with Crippen LogP contribution in [0.5, 0.6) is 17.2 Å². The minimum absolute atomic E-state index is 0.181. The van der Waals surface area contributed by atoms with E-state index in [-0.39, 0.29) is 12.5 Å². The Hall–Kier alpha value is -2.66. The van der Waals surface area contributed by atoms with E-state index in [1.54, 1.807) is 37.5 Å². The van der Waals surface area contributed by atoms with E-state index in [0.717, 1.165) is 17.1 Å². The summed E-state index contributed by atoms with van der Waals surface area (Å²) < 4.78 is 16.3. The fourth-order valence-electron chi connectivity index (χ4n) is 2.42. The van der Waals surface area contributed by atoms with Crippen LogP contribution < -0.4 is 19.5 Å². The van der Waals surface area contributed by atoms with Crippen molar-refractivity contribution < 1.29 is 19.0 Å². The molecule has 0 atom stereocenters. The summed E-state index contributed by atoms with van der Waals surface area (Å²) in [6, 6.07) is 12.6. The summed E-state index contributed by atoms with van der Waals surface area (Å²) in [6.45, 7) is 0.975. The van der Waals surface area contributed by atoms with Gasteiger partial charge in [-0.2, -0.15) is 0 Å². The van der Waals surface area contributed by atoms with Crippen molar-refractivity contribution in [1.29, 1.82) is 0 Å². The number of hydrogen-bond acceptors (Lipinski definition) is 4. The molecule has 130 valence electrons. The van der Waals surface area contributed by atoms with Crippen molar-refractivity contribution in [2.24, 2.45) is 0 Å². The molecule has 1 aliphatic heterocycles. The van der Waals surface area contributed by atoms with E-state index in [1.807, 2.05) is 18.2 Å². The number of halogens is 1. The Morgan fingerprint density at radius 1 is 1.24 bits per heavy atom. The number of hydrogen-bond donors (Lipinski definition) is 1. The predicted octanol–water partition coefficient (Wildman–Crippen LogP) is 3.32. The number of amides is 1. The highest BCUT2D eigenvalue weighted by Crippen LogP contribution is 2.28. The lowest BCUT2D eigenvalue weighted by molar-refractivity contribution is -0.117. The minimum Gasteiger partial charge on any atom is -0.497 e. The third kappa shape index (κ3) is 4.45. The Morgan fingerprint density at radius 2 is 2.08 bits per heavy atom. The zero-order chi connectivity index (χ0) is 17.6. The fraction of sp³-hybridized carbons (Fsp3) is 0.211. The molecule has 5 nitrogen and oxygen atoms in total. The highest BCUT2D eigenvalue weighted by molar-refractivity contribution is 6.30. The summed E-state index contributed by atoms with van der Waals surface area (Å²) in [4.78, 5) is 12.2. The Balaban J connectivity index is 1.51. The first-order valence-corrected chi connectivity index (χ1v) is 8.21. The van der Waals surface area contributed by atoms with Gasteiger partial charge < -0.3 is 19.5 Å². The number of rotatable bonds is 6. The van der Waals surface area contributed by atoms with Crippen molar-refractivity contribution in [3.8, 4) is 17.2 Å². The second kappa shape index (κ2) is 7.94. The number of carbonyl (C=O) groups excluding carboxylic acids is 1. The van der Waals surface area contributed by atoms with Crippen molar-refractivity contribution in [3.63, 3.8) is 0 Å². The highest BCUT2D eigenvalue weighted by atomic mass is 35.5. The van der Waals surface area contributed by atoms with Crippen molar-refractivity contribution >= 4 is 23.6 Å². The van der Waals surface area contributed by atoms with Crippen LogP contribution in [0.3, 0.4) is 0 Å². The molecule has 1 N–H and O–H groups in total. The van der Waals surface area contributed by atoms with Crippen LogP contribution in [0, 0.1) is 0 Å². The summed E-state index contributed by atoms with van der Waals surface area (Å²) in [5, 5.41) is 3.42. The largest absolute Gasteiger partial charge is 0.497 e. The monoisotopic (exact) mass is 359 g/mol. The molecular weight excluding hydrogens is 342 g/mol. The zero-order valence-corrected chi connectivity index (χ0v) is 14.5. The van der Waals surface area contributed by atoms with Gasteiger partial charge in [-0.1, -0.05) is 17.7 Å². The summed E-state index contributed by atoms with van der Waals surface area (Å²) in [6.07, 6.45) is 1.79. The summed E-state index contributed by atoms with van der Waals surface area (Å²) in [7, 11) is 1.60. The van der Waals surface area contributed by atoms with Gasteiger partial charge in [0.2, 0.25) is 0 Å². The molecule has 0 unspecified atom stereocenters. The molecule has 2 aromatic rings. The van der Waals surface area contributed by atoms with Gasteiger partial charge in [-0.15, -0.1) is 0 Å². The number of benzene rings is 2. The first-order chi connectivity index (χ1) is 12.2. The van der Waals surface area contributed by atoms with Crippen LogP contribution in [0.25, 0.3) is 6.08 Å². The number of methoxy groups -OCH3 is 1. The van der Waals surface area contributed by atoms with Gasteiger partial charge in [-0.05, 0) is 36.4 Å². The Kier molecular flexibility index (Phi) is 5.46. The molecule has 0 aliphatic carbocycles. The maximum absolute atomic E-state index is 12.2. The second-order valence-corrected chi connectivity index (χ2v) is 5.86. The third-order valence-corrected chi connectivity index (χ3v) is 3.91. The molecule has 0 bridgehead atoms. The molecule has 1 aliphatic rings. The molecule has 0 aromatic heterocycles. The third-order valence-electron chi connectivity index (χ3n) is 3.67. The molecule has 0 fully saturated rings. The van der Waals surface area contributed by atoms with Crippen LogP contribution in [0.15, 0.2) is 48.0 Å². The van der Waals surface area contributed by atoms with Crippen molar-refractivity contribution in [1.82, 2.24) is 5.32 Å². The summed E-state index contributed by atoms with van der Waals surface area (Å²) in [5.74, 6) is 1.96. The molecule has 0 saturated heterocycles. The highest BCUT2D eigenvalue weighted by Gasteiger charge is 2.17. The van der Waals surface area contributed by atoms with E-state index in [1.165, 1.54) is 0 Å². The molecule has 6 heteroatoms. The van der Waals surface area contributed by atoms with Gasteiger partial charge in [0.15, 0.2) is 0 Å². The average Bonchev–Trinajstić information content (AvgIpc) is 2.64. The molecule has 1 amide bonds. The lowest BCUT2D eigenvalue weighted by Gasteiger charge is -2.18. The molecule has 1 heterocycles. The van der Waals surface area contributed by atoms with Crippen LogP contribution in [0.2, 0.25) is 5.02 Å². The van der Waals surface area contributed by atoms with Gasteiger partial charge in [0.05, 0.1) is 19.2 Å². The van der Waals surface area contributed by atoms with Crippen LogP contribution in [-0.4, -0.2) is 32.8 Å². The van der Waals surface area contributed by atoms with E-state index in [2.05, 4.69) is 5.32 Å². The van der Waals surface area contributed by atoms with Gasteiger partial charge in [0.1, 0.15) is 30.5 Å². The fourth-order valence-corrected chi connectivity index (χ4v) is 2.60. The molecule has 2 aromatic carbocycles. The van der Waals surface area contributed by atoms with E-state index in [9.17, 15) is 4.79 Å². The number of ether oxygens (including phenoxy) is 3. The van der Waals surface area contributed by atoms with Gasteiger partial charge in [0.25, 0.3) is 5.91 Å². The smallest absolute Gasteiger partial charge is 0.250 e. The van der Waals surface area contributed by atoms with E-state index < -0.39 is 0 Å². The normalized spacial score (nSPS) is 12.5. The van der Waals surface area contributed by atoms with Crippen molar-refractivity contribution in [2.75, 3.05) is 26.9 Å². The van der Waals surface area contributed by atoms with E-state index in [0.29, 0.717) is 29.5 Å². The molecule has 25 heavy (non-hydrogen) atoms. The van der Waals surface area contributed by atoms with E-state index in [4.69, 9.17) is 25.8 Å². The number of fused-ring (bicyclic) bond motifs is 1. The van der Waals surface area contributed by atoms with Crippen molar-refractivity contribution in [3.05, 3.63) is 58.6 Å². The summed E-state index contributed by atoms with van der Waals surface area (Å²) in [5.41, 5.74) is 1.35. The summed E-state index contributed by atoms with van der Waals surface area (Å²) >= 11 is 5.98. The van der Waals surface area contributed by atoms with Crippen LogP contribution in [0.1, 0.15) is 5.56 Å². The second-order valence-electron chi connectivity index (χ2n) is 5.42. The maximum Gasteiger partial charge on any atom is 0.250 e. The average molecular weight is 360 g/mol. The number of nitrogens with one attached hydrogen (secondary N) is 1. The van der Waals surface area contributed by atoms with Crippen molar-refractivity contribution in [2.45, 2.75) is 0 Å². The van der Waals surface area contributed by atoms with Gasteiger partial charge in [0, 0.05) is 16.7 Å². The van der Waals surface area contributed by atoms with Crippen LogP contribution >= 0.6 is 11.6 Å². The standard InChI is InChI=1S/C19H18ClNO4/c1-23-16-3-2-4-17(11-16)24-8-7-21-19(22)14-9-13-10-15(20)5-6-18(13)25-12-14/h2-6,9-11H,7-8,12H2,1H3,(H,21,22). The number of carbonyl (C=O) groups is 1. The molecule has 0 radical (unpaired) electrons. The van der Waals surface area contributed by atoms with Crippen LogP contribution in [0.4, 0.5) is 0 Å². The lowest BCUT2D eigenvalue weighted by Crippen LogP contribution is -2.31. The first-order valence-electron chi connectivity index (χ1n) is 7.83. The first kappa shape index (κ1) is 17.2. The quantitative estimate of drug-likeness (QED) is 0.804. The Labute approximate surface area is 151 Å². The lowest BCUT2D eigenvalue weighted by atomic mass is 10.1. The van der Waals surface area contributed by atoms with E-state index >= 15 is 0 Å².